The molecule has 118 valence electrons. The van der Waals surface area contributed by atoms with Crippen LogP contribution in [0.2, 0.25) is 0 Å². The third kappa shape index (κ3) is 3.38. The molecule has 0 radical (unpaired) electrons. The van der Waals surface area contributed by atoms with E-state index >= 15 is 0 Å². The Morgan fingerprint density at radius 1 is 1.27 bits per heavy atom. The fourth-order valence-electron chi connectivity index (χ4n) is 3.17. The summed E-state index contributed by atoms with van der Waals surface area (Å²) in [6.07, 6.45) is 7.41. The Bertz CT molecular complexity index is 545. The van der Waals surface area contributed by atoms with Gasteiger partial charge in [0, 0.05) is 0 Å². The van der Waals surface area contributed by atoms with Crippen LogP contribution < -0.4 is 5.32 Å². The maximum atomic E-state index is 12.8. The maximum Gasteiger partial charge on any atom is 0.326 e. The molecule has 1 aromatic carbocycles. The predicted octanol–water partition coefficient (Wildman–Crippen LogP) is 3.03. The first-order chi connectivity index (χ1) is 10.6. The largest absolute Gasteiger partial charge is 0.480 e. The van der Waals surface area contributed by atoms with E-state index in [-0.39, 0.29) is 5.91 Å². The number of amides is 1. The first kappa shape index (κ1) is 16.3. The molecule has 1 aromatic rings. The minimum absolute atomic E-state index is 0.159. The number of carbonyl (C=O) groups is 2. The lowest BCUT2D eigenvalue weighted by atomic mass is 9.78. The second-order valence-electron chi connectivity index (χ2n) is 5.82. The summed E-state index contributed by atoms with van der Waals surface area (Å²) in [7, 11) is 0. The van der Waals surface area contributed by atoms with Crippen molar-refractivity contribution in [2.24, 2.45) is 0 Å². The number of carboxylic acids is 1. The molecule has 22 heavy (non-hydrogen) atoms. The van der Waals surface area contributed by atoms with Crippen LogP contribution in [0.15, 0.2) is 42.5 Å². The zero-order valence-electron chi connectivity index (χ0n) is 12.9. The van der Waals surface area contributed by atoms with Crippen LogP contribution in [-0.2, 0) is 15.0 Å². The van der Waals surface area contributed by atoms with Crippen molar-refractivity contribution in [3.8, 4) is 0 Å². The Labute approximate surface area is 131 Å². The first-order valence-corrected chi connectivity index (χ1v) is 7.80. The van der Waals surface area contributed by atoms with Crippen molar-refractivity contribution in [3.63, 3.8) is 0 Å². The van der Waals surface area contributed by atoms with E-state index in [2.05, 4.69) is 5.32 Å². The summed E-state index contributed by atoms with van der Waals surface area (Å²) in [6.45, 7) is 1.84. The summed E-state index contributed by atoms with van der Waals surface area (Å²) in [6, 6.07) is 8.84. The molecule has 2 N–H and O–H groups in total. The lowest BCUT2D eigenvalue weighted by Gasteiger charge is -2.29. The van der Waals surface area contributed by atoms with Gasteiger partial charge in [-0.2, -0.15) is 0 Å². The van der Waals surface area contributed by atoms with Crippen LogP contribution in [0.4, 0.5) is 0 Å². The van der Waals surface area contributed by atoms with Crippen LogP contribution in [0, 0.1) is 0 Å². The van der Waals surface area contributed by atoms with E-state index in [1.54, 1.807) is 12.2 Å². The number of aliphatic carboxylic acids is 1. The maximum absolute atomic E-state index is 12.8. The Balaban J connectivity index is 2.22. The molecule has 0 aromatic heterocycles. The molecule has 0 aliphatic heterocycles. The van der Waals surface area contributed by atoms with E-state index < -0.39 is 17.4 Å². The number of nitrogens with one attached hydrogen (secondary N) is 1. The van der Waals surface area contributed by atoms with Gasteiger partial charge in [0.15, 0.2) is 0 Å². The molecule has 1 fully saturated rings. The fraction of sp³-hybridized carbons (Fsp3) is 0.444. The number of benzene rings is 1. The summed E-state index contributed by atoms with van der Waals surface area (Å²) in [5.74, 6) is -1.15. The number of rotatable bonds is 6. The summed E-state index contributed by atoms with van der Waals surface area (Å²) >= 11 is 0. The van der Waals surface area contributed by atoms with Gasteiger partial charge >= 0.3 is 5.97 Å². The van der Waals surface area contributed by atoms with Gasteiger partial charge < -0.3 is 10.4 Å². The summed E-state index contributed by atoms with van der Waals surface area (Å²) in [5.41, 5.74) is 0.408. The van der Waals surface area contributed by atoms with Gasteiger partial charge in [0.05, 0.1) is 5.41 Å². The highest BCUT2D eigenvalue weighted by molar-refractivity contribution is 5.91. The van der Waals surface area contributed by atoms with Crippen LogP contribution in [0.3, 0.4) is 0 Å². The minimum Gasteiger partial charge on any atom is -0.480 e. The van der Waals surface area contributed by atoms with Crippen molar-refractivity contribution in [3.05, 3.63) is 48.0 Å². The summed E-state index contributed by atoms with van der Waals surface area (Å²) in [5, 5.41) is 12.0. The lowest BCUT2D eigenvalue weighted by Crippen LogP contribution is -2.49. The smallest absolute Gasteiger partial charge is 0.326 e. The average molecular weight is 301 g/mol. The average Bonchev–Trinajstić information content (AvgIpc) is 3.02. The van der Waals surface area contributed by atoms with Crippen molar-refractivity contribution in [2.45, 2.75) is 50.5 Å². The molecule has 0 saturated heterocycles. The van der Waals surface area contributed by atoms with Crippen LogP contribution in [0.25, 0.3) is 0 Å². The molecule has 1 aliphatic carbocycles. The normalized spacial score (nSPS) is 18.2. The van der Waals surface area contributed by atoms with Crippen molar-refractivity contribution in [1.82, 2.24) is 5.32 Å². The minimum atomic E-state index is -0.993. The fourth-order valence-corrected chi connectivity index (χ4v) is 3.17. The van der Waals surface area contributed by atoms with Crippen molar-refractivity contribution < 1.29 is 14.7 Å². The molecule has 0 spiro atoms. The van der Waals surface area contributed by atoms with Gasteiger partial charge in [0.2, 0.25) is 5.91 Å². The lowest BCUT2D eigenvalue weighted by molar-refractivity contribution is -0.142. The van der Waals surface area contributed by atoms with E-state index in [9.17, 15) is 14.7 Å². The molecule has 2 rings (SSSR count). The second-order valence-corrected chi connectivity index (χ2v) is 5.82. The van der Waals surface area contributed by atoms with Gasteiger partial charge in [-0.1, -0.05) is 55.3 Å². The number of allylic oxidation sites excluding steroid dienone is 1. The van der Waals surface area contributed by atoms with Gasteiger partial charge in [0.25, 0.3) is 0 Å². The van der Waals surface area contributed by atoms with Crippen LogP contribution >= 0.6 is 0 Å². The molecule has 0 heterocycles. The summed E-state index contributed by atoms with van der Waals surface area (Å²) < 4.78 is 0. The van der Waals surface area contributed by atoms with E-state index in [1.165, 1.54) is 0 Å². The first-order valence-electron chi connectivity index (χ1n) is 7.80. The molecular formula is C18H23NO3. The Morgan fingerprint density at radius 3 is 2.45 bits per heavy atom. The SMILES string of the molecule is C/C=C/CC(NC(=O)C1(c2ccccc2)CCCC1)C(=O)O. The standard InChI is InChI=1S/C18H23NO3/c1-2-3-11-15(16(20)21)19-17(22)18(12-7-8-13-18)14-9-5-4-6-10-14/h2-6,9-10,15H,7-8,11-13H2,1H3,(H,19,22)(H,20,21)/b3-2+. The molecule has 1 saturated carbocycles. The molecule has 4 nitrogen and oxygen atoms in total. The Kier molecular flexibility index (Phi) is 5.36. The third-order valence-electron chi connectivity index (χ3n) is 4.43. The van der Waals surface area contributed by atoms with Crippen LogP contribution in [0.5, 0.6) is 0 Å². The zero-order chi connectivity index (χ0) is 16.0. The highest BCUT2D eigenvalue weighted by atomic mass is 16.4. The van der Waals surface area contributed by atoms with Crippen molar-refractivity contribution >= 4 is 11.9 Å². The van der Waals surface area contributed by atoms with Crippen molar-refractivity contribution in [1.29, 1.82) is 0 Å². The number of carbonyl (C=O) groups excluding carboxylic acids is 1. The topological polar surface area (TPSA) is 66.4 Å². The van der Waals surface area contributed by atoms with E-state index in [1.807, 2.05) is 37.3 Å². The molecule has 1 amide bonds. The second kappa shape index (κ2) is 7.25. The van der Waals surface area contributed by atoms with Crippen LogP contribution in [0.1, 0.15) is 44.6 Å². The Morgan fingerprint density at radius 2 is 1.91 bits per heavy atom. The van der Waals surface area contributed by atoms with Gasteiger partial charge in [0.1, 0.15) is 6.04 Å². The predicted molar refractivity (Wildman–Crippen MR) is 85.6 cm³/mol. The van der Waals surface area contributed by atoms with Gasteiger partial charge in [-0.15, -0.1) is 0 Å². The highest BCUT2D eigenvalue weighted by Gasteiger charge is 2.43. The third-order valence-corrected chi connectivity index (χ3v) is 4.43. The molecule has 1 unspecified atom stereocenters. The molecule has 1 aliphatic rings. The van der Waals surface area contributed by atoms with Crippen LogP contribution in [-0.4, -0.2) is 23.0 Å². The number of carboxylic acid groups (broad SMARTS) is 1. The van der Waals surface area contributed by atoms with E-state index in [0.29, 0.717) is 6.42 Å². The van der Waals surface area contributed by atoms with Crippen molar-refractivity contribution in [2.75, 3.05) is 0 Å². The van der Waals surface area contributed by atoms with Gasteiger partial charge in [-0.3, -0.25) is 4.79 Å². The molecular weight excluding hydrogens is 278 g/mol. The van der Waals surface area contributed by atoms with Gasteiger partial charge in [-0.25, -0.2) is 4.79 Å². The van der Waals surface area contributed by atoms with E-state index in [4.69, 9.17) is 0 Å². The zero-order valence-corrected chi connectivity index (χ0v) is 12.9. The molecule has 1 atom stereocenters. The molecule has 0 bridgehead atoms. The highest BCUT2D eigenvalue weighted by Crippen LogP contribution is 2.41. The number of hydrogen-bond acceptors (Lipinski definition) is 2. The molecule has 4 heteroatoms. The summed E-state index contributed by atoms with van der Waals surface area (Å²) in [4.78, 5) is 24.2. The van der Waals surface area contributed by atoms with E-state index in [0.717, 1.165) is 31.2 Å². The Hall–Kier alpha value is -2.10. The monoisotopic (exact) mass is 301 g/mol. The number of hydrogen-bond donors (Lipinski definition) is 2. The van der Waals surface area contributed by atoms with Gasteiger partial charge in [-0.05, 0) is 31.7 Å². The quantitative estimate of drug-likeness (QED) is 0.794.